The summed E-state index contributed by atoms with van der Waals surface area (Å²) in [6.45, 7) is 0. The fourth-order valence-corrected chi connectivity index (χ4v) is 2.44. The molecule has 0 aliphatic heterocycles. The average Bonchev–Trinajstić information content (AvgIpc) is 2.81. The van der Waals surface area contributed by atoms with Gasteiger partial charge < -0.3 is 15.4 Å². The zero-order valence-corrected chi connectivity index (χ0v) is 10.1. The van der Waals surface area contributed by atoms with E-state index in [0.29, 0.717) is 20.7 Å². The van der Waals surface area contributed by atoms with Crippen LogP contribution in [0.15, 0.2) is 50.4 Å². The van der Waals surface area contributed by atoms with Crippen LogP contribution in [0.2, 0.25) is 5.02 Å². The van der Waals surface area contributed by atoms with Crippen LogP contribution in [0.3, 0.4) is 0 Å². The van der Waals surface area contributed by atoms with Gasteiger partial charge in [-0.1, -0.05) is 22.8 Å². The van der Waals surface area contributed by atoms with Gasteiger partial charge in [-0.05, 0) is 23.9 Å². The summed E-state index contributed by atoms with van der Waals surface area (Å²) in [6.07, 6.45) is 3.01. The van der Waals surface area contributed by atoms with E-state index in [-0.39, 0.29) is 5.84 Å². The minimum atomic E-state index is -0.0512. The molecule has 0 unspecified atom stereocenters. The molecule has 0 bridgehead atoms. The number of benzene rings is 1. The summed E-state index contributed by atoms with van der Waals surface area (Å²) in [4.78, 5) is 4.68. The highest BCUT2D eigenvalue weighted by Crippen LogP contribution is 2.32. The van der Waals surface area contributed by atoms with Crippen LogP contribution in [0.5, 0.6) is 0 Å². The number of aromatic nitrogens is 1. The van der Waals surface area contributed by atoms with E-state index in [1.807, 2.05) is 0 Å². The number of hydrogen-bond donors (Lipinski definition) is 2. The van der Waals surface area contributed by atoms with Crippen molar-refractivity contribution < 1.29 is 9.62 Å². The van der Waals surface area contributed by atoms with E-state index in [9.17, 15) is 0 Å². The largest absolute Gasteiger partial charge is 0.440 e. The van der Waals surface area contributed by atoms with Gasteiger partial charge >= 0.3 is 0 Å². The second kappa shape index (κ2) is 5.11. The van der Waals surface area contributed by atoms with Gasteiger partial charge in [-0.25, -0.2) is 4.98 Å². The Kier molecular flexibility index (Phi) is 3.55. The number of hydrogen-bond acceptors (Lipinski definition) is 5. The molecule has 0 saturated heterocycles. The van der Waals surface area contributed by atoms with Crippen molar-refractivity contribution in [2.75, 3.05) is 0 Å². The van der Waals surface area contributed by atoms with Crippen molar-refractivity contribution in [1.82, 2.24) is 4.98 Å². The minimum absolute atomic E-state index is 0.0512. The average molecular weight is 270 g/mol. The molecule has 1 heterocycles. The third kappa shape index (κ3) is 2.54. The molecule has 17 heavy (non-hydrogen) atoms. The van der Waals surface area contributed by atoms with Crippen molar-refractivity contribution in [3.05, 3.63) is 41.2 Å². The Hall–Kier alpha value is -1.66. The lowest BCUT2D eigenvalue weighted by atomic mass is 10.2. The number of halogens is 1. The maximum atomic E-state index is 8.72. The Morgan fingerprint density at radius 1 is 1.53 bits per heavy atom. The summed E-state index contributed by atoms with van der Waals surface area (Å²) < 4.78 is 5.11. The third-order valence-electron chi connectivity index (χ3n) is 1.95. The lowest BCUT2D eigenvalue weighted by Gasteiger charge is -2.07. The van der Waals surface area contributed by atoms with Gasteiger partial charge in [0, 0.05) is 4.90 Å². The molecule has 7 heteroatoms. The van der Waals surface area contributed by atoms with E-state index in [1.165, 1.54) is 24.2 Å². The Morgan fingerprint density at radius 3 is 3.00 bits per heavy atom. The molecular formula is C10H8ClN3O2S. The third-order valence-corrected chi connectivity index (χ3v) is 3.20. The Morgan fingerprint density at radius 2 is 2.35 bits per heavy atom. The van der Waals surface area contributed by atoms with E-state index in [0.717, 1.165) is 0 Å². The Bertz CT molecular complexity index is 542. The Balaban J connectivity index is 2.43. The highest BCUT2D eigenvalue weighted by atomic mass is 35.5. The van der Waals surface area contributed by atoms with Crippen molar-refractivity contribution >= 4 is 29.2 Å². The number of nitrogens with zero attached hydrogens (tertiary/aromatic N) is 2. The van der Waals surface area contributed by atoms with Crippen molar-refractivity contribution in [2.24, 2.45) is 10.9 Å². The van der Waals surface area contributed by atoms with Crippen LogP contribution in [0.1, 0.15) is 5.56 Å². The van der Waals surface area contributed by atoms with Gasteiger partial charge in [0.1, 0.15) is 6.26 Å². The normalized spacial score (nSPS) is 11.7. The van der Waals surface area contributed by atoms with Crippen molar-refractivity contribution in [2.45, 2.75) is 10.1 Å². The fraction of sp³-hybridized carbons (Fsp3) is 0. The summed E-state index contributed by atoms with van der Waals surface area (Å²) >= 11 is 7.25. The van der Waals surface area contributed by atoms with E-state index < -0.39 is 0 Å². The van der Waals surface area contributed by atoms with Crippen LogP contribution < -0.4 is 5.73 Å². The monoisotopic (exact) mass is 269 g/mol. The molecular weight excluding hydrogens is 262 g/mol. The van der Waals surface area contributed by atoms with Gasteiger partial charge in [0.25, 0.3) is 5.22 Å². The summed E-state index contributed by atoms with van der Waals surface area (Å²) in [6, 6.07) is 5.21. The summed E-state index contributed by atoms with van der Waals surface area (Å²) in [5, 5.41) is 12.5. The van der Waals surface area contributed by atoms with Gasteiger partial charge in [-0.2, -0.15) is 0 Å². The zero-order valence-electron chi connectivity index (χ0n) is 8.50. The molecule has 5 nitrogen and oxygen atoms in total. The maximum absolute atomic E-state index is 8.72. The topological polar surface area (TPSA) is 84.6 Å². The summed E-state index contributed by atoms with van der Waals surface area (Å²) in [7, 11) is 0. The first kappa shape index (κ1) is 11.8. The number of oxime groups is 1. The number of nitrogens with two attached hydrogens (primary N) is 1. The highest BCUT2D eigenvalue weighted by Gasteiger charge is 2.14. The van der Waals surface area contributed by atoms with E-state index in [4.69, 9.17) is 27.0 Å². The van der Waals surface area contributed by atoms with Gasteiger partial charge in [0.15, 0.2) is 5.84 Å². The molecule has 1 aromatic carbocycles. The van der Waals surface area contributed by atoms with Crippen LogP contribution in [0.25, 0.3) is 0 Å². The van der Waals surface area contributed by atoms with Gasteiger partial charge in [-0.3, -0.25) is 0 Å². The standard InChI is InChI=1S/C10H8ClN3O2S/c11-6-2-1-3-7(8(6)9(12)14-15)17-10-13-4-5-16-10/h1-5,15H,(H2,12,14). The molecule has 0 aliphatic rings. The second-order valence-electron chi connectivity index (χ2n) is 3.00. The number of oxazole rings is 1. The van der Waals surface area contributed by atoms with Crippen LogP contribution in [0, 0.1) is 0 Å². The quantitative estimate of drug-likeness (QED) is 0.387. The molecule has 2 rings (SSSR count). The predicted molar refractivity (Wildman–Crippen MR) is 64.6 cm³/mol. The summed E-state index contributed by atoms with van der Waals surface area (Å²) in [5.41, 5.74) is 6.03. The summed E-state index contributed by atoms with van der Waals surface area (Å²) in [5.74, 6) is -0.0512. The zero-order chi connectivity index (χ0) is 12.3. The van der Waals surface area contributed by atoms with Gasteiger partial charge in [0.05, 0.1) is 16.8 Å². The number of rotatable bonds is 3. The fourth-order valence-electron chi connectivity index (χ4n) is 1.24. The Labute approximate surface area is 106 Å². The minimum Gasteiger partial charge on any atom is -0.440 e. The lowest BCUT2D eigenvalue weighted by molar-refractivity contribution is 0.318. The van der Waals surface area contributed by atoms with Crippen LogP contribution in [-0.4, -0.2) is 16.0 Å². The molecule has 3 N–H and O–H groups in total. The first-order valence-electron chi connectivity index (χ1n) is 4.56. The van der Waals surface area contributed by atoms with E-state index in [2.05, 4.69) is 10.1 Å². The molecule has 0 atom stereocenters. The van der Waals surface area contributed by atoms with Crippen molar-refractivity contribution in [1.29, 1.82) is 0 Å². The van der Waals surface area contributed by atoms with Gasteiger partial charge in [-0.15, -0.1) is 0 Å². The molecule has 1 aromatic heterocycles. The van der Waals surface area contributed by atoms with E-state index >= 15 is 0 Å². The molecule has 0 radical (unpaired) electrons. The first-order chi connectivity index (χ1) is 8.22. The first-order valence-corrected chi connectivity index (χ1v) is 5.75. The van der Waals surface area contributed by atoms with Gasteiger partial charge in [0.2, 0.25) is 0 Å². The van der Waals surface area contributed by atoms with Crippen molar-refractivity contribution in [3.8, 4) is 0 Å². The lowest BCUT2D eigenvalue weighted by Crippen LogP contribution is -2.14. The molecule has 0 amide bonds. The second-order valence-corrected chi connectivity index (χ2v) is 4.40. The molecule has 88 valence electrons. The molecule has 0 fully saturated rings. The molecule has 0 saturated carbocycles. The van der Waals surface area contributed by atoms with Crippen LogP contribution >= 0.6 is 23.4 Å². The predicted octanol–water partition coefficient (Wildman–Crippen LogP) is 2.57. The number of amidine groups is 1. The SMILES string of the molecule is N/C(=N/O)c1c(Cl)cccc1Sc1ncco1. The van der Waals surface area contributed by atoms with Crippen LogP contribution in [0.4, 0.5) is 0 Å². The smallest absolute Gasteiger partial charge is 0.260 e. The van der Waals surface area contributed by atoms with Crippen molar-refractivity contribution in [3.63, 3.8) is 0 Å². The highest BCUT2D eigenvalue weighted by molar-refractivity contribution is 7.99. The maximum Gasteiger partial charge on any atom is 0.260 e. The van der Waals surface area contributed by atoms with E-state index in [1.54, 1.807) is 18.2 Å². The molecule has 0 spiro atoms. The van der Waals surface area contributed by atoms with Crippen LogP contribution in [-0.2, 0) is 0 Å². The molecule has 0 aliphatic carbocycles. The molecule has 2 aromatic rings.